The second kappa shape index (κ2) is 10.8. The standard InChI is InChI=1S/C19H34N2/c1-5-12-20-14-18-10-9-11-19(13-18)16-21(8-4)15-17(6-2)7-3/h9-11,13,17,20H,5-8,12,14-16H2,1-4H3. The first kappa shape index (κ1) is 18.2. The summed E-state index contributed by atoms with van der Waals surface area (Å²) in [6.45, 7) is 14.6. The van der Waals surface area contributed by atoms with Gasteiger partial charge in [0.2, 0.25) is 0 Å². The van der Waals surface area contributed by atoms with E-state index in [9.17, 15) is 0 Å². The molecule has 0 amide bonds. The quantitative estimate of drug-likeness (QED) is 0.606. The lowest BCUT2D eigenvalue weighted by Crippen LogP contribution is -2.28. The van der Waals surface area contributed by atoms with Crippen LogP contribution in [0.5, 0.6) is 0 Å². The van der Waals surface area contributed by atoms with Crippen LogP contribution in [0.3, 0.4) is 0 Å². The molecule has 21 heavy (non-hydrogen) atoms. The predicted octanol–water partition coefficient (Wildman–Crippen LogP) is 4.44. The van der Waals surface area contributed by atoms with E-state index < -0.39 is 0 Å². The van der Waals surface area contributed by atoms with Gasteiger partial charge in [-0.05, 0) is 36.6 Å². The van der Waals surface area contributed by atoms with Gasteiger partial charge in [-0.15, -0.1) is 0 Å². The second-order valence-electron chi connectivity index (χ2n) is 6.01. The molecule has 2 heteroatoms. The lowest BCUT2D eigenvalue weighted by molar-refractivity contribution is 0.226. The van der Waals surface area contributed by atoms with Gasteiger partial charge in [0.05, 0.1) is 0 Å². The smallest absolute Gasteiger partial charge is 0.0233 e. The zero-order valence-corrected chi connectivity index (χ0v) is 14.5. The molecule has 0 aliphatic rings. The summed E-state index contributed by atoms with van der Waals surface area (Å²) in [6.07, 6.45) is 3.76. The van der Waals surface area contributed by atoms with Crippen molar-refractivity contribution in [1.82, 2.24) is 10.2 Å². The Hall–Kier alpha value is -0.860. The van der Waals surface area contributed by atoms with Gasteiger partial charge in [-0.2, -0.15) is 0 Å². The molecule has 0 atom stereocenters. The summed E-state index contributed by atoms with van der Waals surface area (Å²) >= 11 is 0. The van der Waals surface area contributed by atoms with Crippen molar-refractivity contribution in [3.05, 3.63) is 35.4 Å². The predicted molar refractivity (Wildman–Crippen MR) is 93.5 cm³/mol. The molecule has 0 fully saturated rings. The summed E-state index contributed by atoms with van der Waals surface area (Å²) in [5.41, 5.74) is 2.85. The van der Waals surface area contributed by atoms with E-state index in [1.54, 1.807) is 0 Å². The van der Waals surface area contributed by atoms with Gasteiger partial charge in [0.15, 0.2) is 0 Å². The molecule has 0 bridgehead atoms. The van der Waals surface area contributed by atoms with Crippen LogP contribution in [-0.2, 0) is 13.1 Å². The highest BCUT2D eigenvalue weighted by Crippen LogP contribution is 2.14. The highest BCUT2D eigenvalue weighted by atomic mass is 15.1. The SMILES string of the molecule is CCCNCc1cccc(CN(CC)CC(CC)CC)c1. The van der Waals surface area contributed by atoms with Crippen LogP contribution in [-0.4, -0.2) is 24.5 Å². The Morgan fingerprint density at radius 2 is 1.76 bits per heavy atom. The molecule has 0 aliphatic heterocycles. The lowest BCUT2D eigenvalue weighted by atomic mass is 10.0. The van der Waals surface area contributed by atoms with Crippen molar-refractivity contribution in [3.8, 4) is 0 Å². The highest BCUT2D eigenvalue weighted by Gasteiger charge is 2.10. The fourth-order valence-electron chi connectivity index (χ4n) is 2.72. The van der Waals surface area contributed by atoms with Crippen molar-refractivity contribution in [2.75, 3.05) is 19.6 Å². The molecule has 1 rings (SSSR count). The zero-order chi connectivity index (χ0) is 15.5. The van der Waals surface area contributed by atoms with Crippen LogP contribution in [0.15, 0.2) is 24.3 Å². The average molecular weight is 290 g/mol. The summed E-state index contributed by atoms with van der Waals surface area (Å²) in [6, 6.07) is 9.05. The van der Waals surface area contributed by atoms with Crippen molar-refractivity contribution < 1.29 is 0 Å². The van der Waals surface area contributed by atoms with E-state index in [0.717, 1.165) is 32.1 Å². The minimum absolute atomic E-state index is 0.833. The molecule has 2 nitrogen and oxygen atoms in total. The van der Waals surface area contributed by atoms with Crippen molar-refractivity contribution in [1.29, 1.82) is 0 Å². The number of benzene rings is 1. The van der Waals surface area contributed by atoms with Crippen molar-refractivity contribution in [3.63, 3.8) is 0 Å². The Morgan fingerprint density at radius 1 is 1.05 bits per heavy atom. The molecular formula is C19H34N2. The molecule has 0 heterocycles. The van der Waals surface area contributed by atoms with E-state index in [0.29, 0.717) is 0 Å². The van der Waals surface area contributed by atoms with Crippen molar-refractivity contribution in [2.24, 2.45) is 5.92 Å². The topological polar surface area (TPSA) is 15.3 Å². The third-order valence-electron chi connectivity index (χ3n) is 4.27. The zero-order valence-electron chi connectivity index (χ0n) is 14.5. The summed E-state index contributed by atoms with van der Waals surface area (Å²) in [5, 5.41) is 3.48. The van der Waals surface area contributed by atoms with Crippen LogP contribution in [0, 0.1) is 5.92 Å². The molecule has 1 N–H and O–H groups in total. The third-order valence-corrected chi connectivity index (χ3v) is 4.27. The molecule has 0 saturated carbocycles. The largest absolute Gasteiger partial charge is 0.313 e. The summed E-state index contributed by atoms with van der Waals surface area (Å²) in [5.74, 6) is 0.833. The molecule has 0 saturated heterocycles. The van der Waals surface area contributed by atoms with E-state index in [1.165, 1.54) is 36.9 Å². The van der Waals surface area contributed by atoms with Crippen molar-refractivity contribution in [2.45, 2.75) is 60.0 Å². The van der Waals surface area contributed by atoms with Crippen LogP contribution in [0.4, 0.5) is 0 Å². The van der Waals surface area contributed by atoms with Gasteiger partial charge in [-0.25, -0.2) is 0 Å². The van der Waals surface area contributed by atoms with Crippen molar-refractivity contribution >= 4 is 0 Å². The summed E-state index contributed by atoms with van der Waals surface area (Å²) in [4.78, 5) is 2.58. The fraction of sp³-hybridized carbons (Fsp3) is 0.684. The van der Waals surface area contributed by atoms with E-state index in [1.807, 2.05) is 0 Å². The fourth-order valence-corrected chi connectivity index (χ4v) is 2.72. The van der Waals surface area contributed by atoms with E-state index in [-0.39, 0.29) is 0 Å². The molecule has 120 valence electrons. The molecular weight excluding hydrogens is 256 g/mol. The number of nitrogens with one attached hydrogen (secondary N) is 1. The Morgan fingerprint density at radius 3 is 2.38 bits per heavy atom. The average Bonchev–Trinajstić information content (AvgIpc) is 2.52. The molecule has 0 aliphatic carbocycles. The van der Waals surface area contributed by atoms with Gasteiger partial charge in [0, 0.05) is 19.6 Å². The normalized spacial score (nSPS) is 11.5. The van der Waals surface area contributed by atoms with E-state index >= 15 is 0 Å². The van der Waals surface area contributed by atoms with Crippen LogP contribution in [0.2, 0.25) is 0 Å². The Labute approximate surface area is 131 Å². The maximum absolute atomic E-state index is 3.48. The van der Waals surface area contributed by atoms with E-state index in [2.05, 4.69) is 62.2 Å². The Bertz CT molecular complexity index is 372. The summed E-state index contributed by atoms with van der Waals surface area (Å²) < 4.78 is 0. The maximum atomic E-state index is 3.48. The van der Waals surface area contributed by atoms with Gasteiger partial charge in [-0.3, -0.25) is 4.90 Å². The monoisotopic (exact) mass is 290 g/mol. The number of nitrogens with zero attached hydrogens (tertiary/aromatic N) is 1. The minimum atomic E-state index is 0.833. The lowest BCUT2D eigenvalue weighted by Gasteiger charge is -2.25. The number of hydrogen-bond acceptors (Lipinski definition) is 2. The van der Waals surface area contributed by atoms with E-state index in [4.69, 9.17) is 0 Å². The molecule has 0 aromatic heterocycles. The van der Waals surface area contributed by atoms with Gasteiger partial charge in [0.1, 0.15) is 0 Å². The molecule has 0 unspecified atom stereocenters. The van der Waals surface area contributed by atoms with Gasteiger partial charge >= 0.3 is 0 Å². The molecule has 0 spiro atoms. The molecule has 1 aromatic rings. The summed E-state index contributed by atoms with van der Waals surface area (Å²) in [7, 11) is 0. The number of rotatable bonds is 11. The van der Waals surface area contributed by atoms with Crippen LogP contribution >= 0.6 is 0 Å². The van der Waals surface area contributed by atoms with Crippen LogP contribution in [0.25, 0.3) is 0 Å². The van der Waals surface area contributed by atoms with Gasteiger partial charge in [-0.1, -0.05) is 64.8 Å². The Kier molecular flexibility index (Phi) is 9.36. The first-order valence-corrected chi connectivity index (χ1v) is 8.74. The second-order valence-corrected chi connectivity index (χ2v) is 6.01. The first-order valence-electron chi connectivity index (χ1n) is 8.74. The number of hydrogen-bond donors (Lipinski definition) is 1. The van der Waals surface area contributed by atoms with Crippen LogP contribution < -0.4 is 5.32 Å². The Balaban J connectivity index is 2.56. The minimum Gasteiger partial charge on any atom is -0.313 e. The van der Waals surface area contributed by atoms with Gasteiger partial charge in [0.25, 0.3) is 0 Å². The first-order chi connectivity index (χ1) is 10.2. The molecule has 0 radical (unpaired) electrons. The third kappa shape index (κ3) is 7.10. The maximum Gasteiger partial charge on any atom is 0.0233 e. The molecule has 1 aromatic carbocycles. The highest BCUT2D eigenvalue weighted by molar-refractivity contribution is 5.23. The van der Waals surface area contributed by atoms with Gasteiger partial charge < -0.3 is 5.32 Å². The van der Waals surface area contributed by atoms with Crippen LogP contribution in [0.1, 0.15) is 58.1 Å².